The van der Waals surface area contributed by atoms with Crippen molar-refractivity contribution < 1.29 is 4.42 Å². The molecule has 0 aliphatic carbocycles. The normalized spacial score (nSPS) is 12.5. The molecule has 14 heavy (non-hydrogen) atoms. The quantitative estimate of drug-likeness (QED) is 0.743. The summed E-state index contributed by atoms with van der Waals surface area (Å²) in [4.78, 5) is 0. The maximum absolute atomic E-state index is 4.96. The average Bonchev–Trinajstić information content (AvgIpc) is 2.54. The molecular weight excluding hydrogens is 174 g/mol. The van der Waals surface area contributed by atoms with Crippen molar-refractivity contribution in [2.24, 2.45) is 0 Å². The number of hydrogen-bond donors (Lipinski definition) is 1. The molecule has 0 atom stereocenters. The van der Waals surface area contributed by atoms with Crippen LogP contribution in [0.15, 0.2) is 29.1 Å². The van der Waals surface area contributed by atoms with Gasteiger partial charge < -0.3 is 9.73 Å². The Morgan fingerprint density at radius 3 is 2.79 bits per heavy atom. The minimum absolute atomic E-state index is 0.212. The van der Waals surface area contributed by atoms with Crippen molar-refractivity contribution >= 4 is 6.08 Å². The summed E-state index contributed by atoms with van der Waals surface area (Å²) in [6, 6.07) is 1.95. The highest BCUT2D eigenvalue weighted by molar-refractivity contribution is 5.46. The molecule has 2 heteroatoms. The molecule has 0 unspecified atom stereocenters. The molecule has 78 valence electrons. The van der Waals surface area contributed by atoms with Gasteiger partial charge in [0.1, 0.15) is 0 Å². The van der Waals surface area contributed by atoms with E-state index >= 15 is 0 Å². The van der Waals surface area contributed by atoms with E-state index in [1.54, 1.807) is 12.5 Å². The zero-order chi connectivity index (χ0) is 10.4. The molecule has 0 saturated carbocycles. The van der Waals surface area contributed by atoms with E-state index in [1.807, 2.05) is 6.07 Å². The summed E-state index contributed by atoms with van der Waals surface area (Å²) < 4.78 is 4.96. The van der Waals surface area contributed by atoms with Crippen LogP contribution in [0, 0.1) is 0 Å². The van der Waals surface area contributed by atoms with Gasteiger partial charge in [0.25, 0.3) is 0 Å². The average molecular weight is 193 g/mol. The number of furan rings is 1. The van der Waals surface area contributed by atoms with Gasteiger partial charge in [0, 0.05) is 11.1 Å². The van der Waals surface area contributed by atoms with E-state index in [-0.39, 0.29) is 5.54 Å². The Hall–Kier alpha value is -1.02. The second kappa shape index (κ2) is 5.01. The van der Waals surface area contributed by atoms with Crippen LogP contribution in [0.2, 0.25) is 0 Å². The predicted octanol–water partition coefficient (Wildman–Crippen LogP) is 3.07. The van der Waals surface area contributed by atoms with Crippen LogP contribution in [0.5, 0.6) is 0 Å². The third-order valence-electron chi connectivity index (χ3n) is 1.82. The molecule has 0 spiro atoms. The van der Waals surface area contributed by atoms with E-state index in [4.69, 9.17) is 4.42 Å². The Kier molecular flexibility index (Phi) is 3.96. The Balaban J connectivity index is 2.16. The molecule has 1 N–H and O–H groups in total. The van der Waals surface area contributed by atoms with E-state index in [2.05, 4.69) is 38.2 Å². The van der Waals surface area contributed by atoms with Crippen LogP contribution in [0.25, 0.3) is 6.08 Å². The third kappa shape index (κ3) is 4.87. The molecular formula is C12H19NO. The zero-order valence-electron chi connectivity index (χ0n) is 9.21. The number of rotatable bonds is 4. The molecule has 0 fully saturated rings. The van der Waals surface area contributed by atoms with Crippen LogP contribution < -0.4 is 5.32 Å². The monoisotopic (exact) mass is 193 g/mol. The molecule has 0 aromatic carbocycles. The lowest BCUT2D eigenvalue weighted by Crippen LogP contribution is -2.36. The summed E-state index contributed by atoms with van der Waals surface area (Å²) in [5.74, 6) is 0. The molecule has 0 radical (unpaired) electrons. The lowest BCUT2D eigenvalue weighted by molar-refractivity contribution is 0.431. The van der Waals surface area contributed by atoms with Crippen LogP contribution in [0.4, 0.5) is 0 Å². The highest BCUT2D eigenvalue weighted by Gasteiger charge is 2.05. The van der Waals surface area contributed by atoms with Gasteiger partial charge in [-0.2, -0.15) is 0 Å². The topological polar surface area (TPSA) is 25.2 Å². The van der Waals surface area contributed by atoms with Gasteiger partial charge in [-0.05, 0) is 39.8 Å². The summed E-state index contributed by atoms with van der Waals surface area (Å²) in [5, 5.41) is 3.43. The molecule has 1 rings (SSSR count). The maximum Gasteiger partial charge on any atom is 0.0974 e. The summed E-state index contributed by atoms with van der Waals surface area (Å²) in [6.07, 6.45) is 8.71. The molecule has 1 heterocycles. The maximum atomic E-state index is 4.96. The SMILES string of the molecule is CC(C)(C)NCCC=Cc1ccoc1. The lowest BCUT2D eigenvalue weighted by atomic mass is 10.1. The summed E-state index contributed by atoms with van der Waals surface area (Å²) >= 11 is 0. The summed E-state index contributed by atoms with van der Waals surface area (Å²) in [6.45, 7) is 7.53. The Labute approximate surface area is 86.0 Å². The van der Waals surface area contributed by atoms with Crippen molar-refractivity contribution in [2.45, 2.75) is 32.7 Å². The van der Waals surface area contributed by atoms with Gasteiger partial charge in [0.15, 0.2) is 0 Å². The van der Waals surface area contributed by atoms with Crippen LogP contribution in [-0.2, 0) is 0 Å². The van der Waals surface area contributed by atoms with E-state index in [0.717, 1.165) is 18.5 Å². The van der Waals surface area contributed by atoms with E-state index in [9.17, 15) is 0 Å². The molecule has 1 aromatic heterocycles. The van der Waals surface area contributed by atoms with E-state index in [0.29, 0.717) is 0 Å². The molecule has 0 aliphatic rings. The summed E-state index contributed by atoms with van der Waals surface area (Å²) in [5.41, 5.74) is 1.34. The van der Waals surface area contributed by atoms with Gasteiger partial charge in [-0.25, -0.2) is 0 Å². The van der Waals surface area contributed by atoms with Crippen LogP contribution in [0.1, 0.15) is 32.8 Å². The second-order valence-corrected chi connectivity index (χ2v) is 4.42. The van der Waals surface area contributed by atoms with Crippen molar-refractivity contribution in [2.75, 3.05) is 6.54 Å². The number of hydrogen-bond acceptors (Lipinski definition) is 2. The number of nitrogens with one attached hydrogen (secondary N) is 1. The third-order valence-corrected chi connectivity index (χ3v) is 1.82. The smallest absolute Gasteiger partial charge is 0.0974 e. The first-order valence-electron chi connectivity index (χ1n) is 5.02. The summed E-state index contributed by atoms with van der Waals surface area (Å²) in [7, 11) is 0. The second-order valence-electron chi connectivity index (χ2n) is 4.42. The van der Waals surface area contributed by atoms with Crippen molar-refractivity contribution in [1.82, 2.24) is 5.32 Å². The van der Waals surface area contributed by atoms with Crippen LogP contribution in [-0.4, -0.2) is 12.1 Å². The first-order chi connectivity index (χ1) is 6.58. The molecule has 0 aliphatic heterocycles. The highest BCUT2D eigenvalue weighted by Crippen LogP contribution is 2.03. The first kappa shape index (κ1) is 11.1. The zero-order valence-corrected chi connectivity index (χ0v) is 9.21. The molecule has 0 saturated heterocycles. The molecule has 2 nitrogen and oxygen atoms in total. The predicted molar refractivity (Wildman–Crippen MR) is 60.1 cm³/mol. The van der Waals surface area contributed by atoms with Gasteiger partial charge in [-0.1, -0.05) is 12.2 Å². The minimum Gasteiger partial charge on any atom is -0.472 e. The molecule has 0 amide bonds. The fraction of sp³-hybridized carbons (Fsp3) is 0.500. The lowest BCUT2D eigenvalue weighted by Gasteiger charge is -2.19. The van der Waals surface area contributed by atoms with E-state index < -0.39 is 0 Å². The van der Waals surface area contributed by atoms with Gasteiger partial charge in [0.2, 0.25) is 0 Å². The Bertz CT molecular complexity index is 267. The standard InChI is InChI=1S/C12H19NO/c1-12(2,3)13-8-5-4-6-11-7-9-14-10-11/h4,6-7,9-10,13H,5,8H2,1-3H3. The molecule has 0 bridgehead atoms. The molecule has 1 aromatic rings. The van der Waals surface area contributed by atoms with Crippen LogP contribution >= 0.6 is 0 Å². The van der Waals surface area contributed by atoms with Gasteiger partial charge in [0.05, 0.1) is 12.5 Å². The largest absolute Gasteiger partial charge is 0.472 e. The van der Waals surface area contributed by atoms with Gasteiger partial charge >= 0.3 is 0 Å². The van der Waals surface area contributed by atoms with Gasteiger partial charge in [-0.15, -0.1) is 0 Å². The van der Waals surface area contributed by atoms with Crippen LogP contribution in [0.3, 0.4) is 0 Å². The fourth-order valence-corrected chi connectivity index (χ4v) is 1.12. The first-order valence-corrected chi connectivity index (χ1v) is 5.02. The van der Waals surface area contributed by atoms with Crippen molar-refractivity contribution in [1.29, 1.82) is 0 Å². The van der Waals surface area contributed by atoms with Crippen molar-refractivity contribution in [3.8, 4) is 0 Å². The van der Waals surface area contributed by atoms with Crippen molar-refractivity contribution in [3.63, 3.8) is 0 Å². The van der Waals surface area contributed by atoms with E-state index in [1.165, 1.54) is 0 Å². The van der Waals surface area contributed by atoms with Crippen molar-refractivity contribution in [3.05, 3.63) is 30.2 Å². The fourth-order valence-electron chi connectivity index (χ4n) is 1.12. The Morgan fingerprint density at radius 1 is 1.43 bits per heavy atom. The Morgan fingerprint density at radius 2 is 2.21 bits per heavy atom. The highest BCUT2D eigenvalue weighted by atomic mass is 16.3. The minimum atomic E-state index is 0.212. The van der Waals surface area contributed by atoms with Gasteiger partial charge in [-0.3, -0.25) is 0 Å².